The van der Waals surface area contributed by atoms with Crippen LogP contribution < -0.4 is 0 Å². The van der Waals surface area contributed by atoms with Crippen molar-refractivity contribution in [2.24, 2.45) is 0 Å². The minimum absolute atomic E-state index is 0.0406. The highest BCUT2D eigenvalue weighted by Gasteiger charge is 2.32. The van der Waals surface area contributed by atoms with Crippen molar-refractivity contribution in [2.75, 3.05) is 6.54 Å². The summed E-state index contributed by atoms with van der Waals surface area (Å²) < 4.78 is 0.981. The van der Waals surface area contributed by atoms with Crippen LogP contribution in [0.1, 0.15) is 28.2 Å². The fraction of sp³-hybridized carbons (Fsp3) is 0.263. The molecule has 0 saturated carbocycles. The molecule has 0 aliphatic carbocycles. The van der Waals surface area contributed by atoms with Crippen LogP contribution in [0.2, 0.25) is 0 Å². The number of amides is 1. The van der Waals surface area contributed by atoms with Crippen molar-refractivity contribution in [3.8, 4) is 0 Å². The Morgan fingerprint density at radius 1 is 1.25 bits per heavy atom. The Labute approximate surface area is 149 Å². The number of nitrogens with zero attached hydrogens (tertiary/aromatic N) is 1. The summed E-state index contributed by atoms with van der Waals surface area (Å²) in [5.41, 5.74) is 3.74. The van der Waals surface area contributed by atoms with E-state index in [0.29, 0.717) is 6.54 Å². The lowest BCUT2D eigenvalue weighted by molar-refractivity contribution is -0.141. The number of hydrogen-bond donors (Lipinski definition) is 1. The highest BCUT2D eigenvalue weighted by molar-refractivity contribution is 9.10. The molecule has 1 aliphatic heterocycles. The molecule has 0 spiro atoms. The lowest BCUT2D eigenvalue weighted by Crippen LogP contribution is -2.41. The molecule has 5 heteroatoms. The van der Waals surface area contributed by atoms with Crippen LogP contribution in [-0.4, -0.2) is 28.4 Å². The topological polar surface area (TPSA) is 57.6 Å². The van der Waals surface area contributed by atoms with Crippen LogP contribution in [0.3, 0.4) is 0 Å². The molecule has 0 radical (unpaired) electrons. The number of benzene rings is 2. The van der Waals surface area contributed by atoms with Crippen molar-refractivity contribution >= 4 is 27.8 Å². The predicted molar refractivity (Wildman–Crippen MR) is 94.8 cm³/mol. The van der Waals surface area contributed by atoms with Crippen LogP contribution >= 0.6 is 15.9 Å². The first-order valence-corrected chi connectivity index (χ1v) is 8.58. The third kappa shape index (κ3) is 3.36. The Bertz CT molecular complexity index is 803. The zero-order valence-electron chi connectivity index (χ0n) is 13.3. The van der Waals surface area contributed by atoms with Gasteiger partial charge in [0.05, 0.1) is 12.3 Å². The number of rotatable bonds is 3. The average Bonchev–Trinajstić information content (AvgIpc) is 2.56. The Morgan fingerprint density at radius 3 is 2.71 bits per heavy atom. The van der Waals surface area contributed by atoms with Gasteiger partial charge in [-0.05, 0) is 41.3 Å². The van der Waals surface area contributed by atoms with Gasteiger partial charge in [-0.2, -0.15) is 0 Å². The maximum Gasteiger partial charge on any atom is 0.312 e. The van der Waals surface area contributed by atoms with Crippen LogP contribution in [-0.2, 0) is 22.6 Å². The molecule has 1 amide bonds. The molecule has 0 saturated heterocycles. The van der Waals surface area contributed by atoms with Gasteiger partial charge in [0.15, 0.2) is 0 Å². The van der Waals surface area contributed by atoms with E-state index in [2.05, 4.69) is 15.9 Å². The van der Waals surface area contributed by atoms with Gasteiger partial charge in [-0.1, -0.05) is 46.3 Å². The SMILES string of the molecule is Cc1cc(Br)ccc1CC(=O)N1Cc2ccccc2C(C(=O)O)C1. The van der Waals surface area contributed by atoms with Gasteiger partial charge in [0.25, 0.3) is 0 Å². The summed E-state index contributed by atoms with van der Waals surface area (Å²) in [5, 5.41) is 9.51. The number of carbonyl (C=O) groups excluding carboxylic acids is 1. The first-order valence-electron chi connectivity index (χ1n) is 7.79. The van der Waals surface area contributed by atoms with Crippen molar-refractivity contribution in [2.45, 2.75) is 25.8 Å². The van der Waals surface area contributed by atoms with E-state index in [1.807, 2.05) is 49.4 Å². The van der Waals surface area contributed by atoms with Gasteiger partial charge < -0.3 is 10.0 Å². The molecule has 1 N–H and O–H groups in total. The fourth-order valence-electron chi connectivity index (χ4n) is 3.14. The maximum atomic E-state index is 12.7. The lowest BCUT2D eigenvalue weighted by atomic mass is 9.89. The highest BCUT2D eigenvalue weighted by Crippen LogP contribution is 2.29. The molecule has 3 rings (SSSR count). The van der Waals surface area contributed by atoms with Crippen LogP contribution in [0.4, 0.5) is 0 Å². The minimum atomic E-state index is -0.889. The molecule has 1 aliphatic rings. The average molecular weight is 388 g/mol. The molecule has 2 aromatic carbocycles. The summed E-state index contributed by atoms with van der Waals surface area (Å²) in [4.78, 5) is 26.0. The first-order chi connectivity index (χ1) is 11.5. The number of carbonyl (C=O) groups is 2. The van der Waals surface area contributed by atoms with Gasteiger partial charge in [0.1, 0.15) is 0 Å². The Morgan fingerprint density at radius 2 is 2.00 bits per heavy atom. The molecule has 2 aromatic rings. The zero-order chi connectivity index (χ0) is 17.3. The smallest absolute Gasteiger partial charge is 0.312 e. The van der Waals surface area contributed by atoms with Crippen molar-refractivity contribution in [3.63, 3.8) is 0 Å². The summed E-state index contributed by atoms with van der Waals surface area (Å²) in [6.45, 7) is 2.66. The number of carboxylic acids is 1. The van der Waals surface area contributed by atoms with Crippen molar-refractivity contribution in [1.82, 2.24) is 4.90 Å². The molecule has 4 nitrogen and oxygen atoms in total. The Kier molecular flexibility index (Phi) is 4.71. The molecular formula is C19H18BrNO3. The predicted octanol–water partition coefficient (Wildman–Crippen LogP) is 3.51. The summed E-state index contributed by atoms with van der Waals surface area (Å²) >= 11 is 3.42. The quantitative estimate of drug-likeness (QED) is 0.876. The second-order valence-corrected chi connectivity index (χ2v) is 7.03. The molecule has 0 bridgehead atoms. The fourth-order valence-corrected chi connectivity index (χ4v) is 3.62. The molecule has 1 atom stereocenters. The molecular weight excluding hydrogens is 370 g/mol. The first kappa shape index (κ1) is 16.7. The number of carboxylic acid groups (broad SMARTS) is 1. The number of aryl methyl sites for hydroxylation is 1. The van der Waals surface area contributed by atoms with Gasteiger partial charge in [-0.15, -0.1) is 0 Å². The second-order valence-electron chi connectivity index (χ2n) is 6.11. The standard InChI is InChI=1S/C19H18BrNO3/c1-12-8-15(20)7-6-13(12)9-18(22)21-10-14-4-2-3-5-16(14)17(11-21)19(23)24/h2-8,17H,9-11H2,1H3,(H,23,24). The highest BCUT2D eigenvalue weighted by atomic mass is 79.9. The van der Waals surface area contributed by atoms with Crippen molar-refractivity contribution in [1.29, 1.82) is 0 Å². The van der Waals surface area contributed by atoms with Gasteiger partial charge in [-0.3, -0.25) is 9.59 Å². The lowest BCUT2D eigenvalue weighted by Gasteiger charge is -2.33. The van der Waals surface area contributed by atoms with Gasteiger partial charge >= 0.3 is 5.97 Å². The maximum absolute atomic E-state index is 12.7. The number of hydrogen-bond acceptors (Lipinski definition) is 2. The van der Waals surface area contributed by atoms with E-state index < -0.39 is 11.9 Å². The summed E-state index contributed by atoms with van der Waals surface area (Å²) in [5.74, 6) is -1.59. The third-order valence-corrected chi connectivity index (χ3v) is 4.99. The van der Waals surface area contributed by atoms with E-state index in [4.69, 9.17) is 0 Å². The Hall–Kier alpha value is -2.14. The number of fused-ring (bicyclic) bond motifs is 1. The van der Waals surface area contributed by atoms with E-state index in [1.54, 1.807) is 4.90 Å². The van der Waals surface area contributed by atoms with Gasteiger partial charge in [-0.25, -0.2) is 0 Å². The second kappa shape index (κ2) is 6.77. The van der Waals surface area contributed by atoms with Crippen LogP contribution in [0.25, 0.3) is 0 Å². The van der Waals surface area contributed by atoms with Crippen LogP contribution in [0.5, 0.6) is 0 Å². The van der Waals surface area contributed by atoms with Crippen molar-refractivity contribution < 1.29 is 14.7 Å². The monoisotopic (exact) mass is 387 g/mol. The number of aliphatic carboxylic acids is 1. The minimum Gasteiger partial charge on any atom is -0.481 e. The molecule has 0 fully saturated rings. The molecule has 124 valence electrons. The van der Waals surface area contributed by atoms with E-state index in [0.717, 1.165) is 26.7 Å². The van der Waals surface area contributed by atoms with E-state index in [1.165, 1.54) is 0 Å². The van der Waals surface area contributed by atoms with Crippen LogP contribution in [0.15, 0.2) is 46.9 Å². The Balaban J connectivity index is 1.82. The zero-order valence-corrected chi connectivity index (χ0v) is 14.9. The molecule has 0 aromatic heterocycles. The van der Waals surface area contributed by atoms with Crippen molar-refractivity contribution in [3.05, 3.63) is 69.2 Å². The number of halogens is 1. The van der Waals surface area contributed by atoms with Gasteiger partial charge in [0.2, 0.25) is 5.91 Å². The molecule has 1 heterocycles. The molecule has 1 unspecified atom stereocenters. The normalized spacial score (nSPS) is 16.6. The van der Waals surface area contributed by atoms with E-state index in [9.17, 15) is 14.7 Å². The van der Waals surface area contributed by atoms with E-state index >= 15 is 0 Å². The summed E-state index contributed by atoms with van der Waals surface area (Å²) in [6, 6.07) is 13.3. The largest absolute Gasteiger partial charge is 0.481 e. The summed E-state index contributed by atoms with van der Waals surface area (Å²) in [7, 11) is 0. The molecule has 24 heavy (non-hydrogen) atoms. The van der Waals surface area contributed by atoms with E-state index in [-0.39, 0.29) is 18.9 Å². The summed E-state index contributed by atoms with van der Waals surface area (Å²) in [6.07, 6.45) is 0.285. The van der Waals surface area contributed by atoms with Gasteiger partial charge in [0, 0.05) is 17.6 Å². The van der Waals surface area contributed by atoms with Crippen LogP contribution in [0, 0.1) is 6.92 Å². The third-order valence-electron chi connectivity index (χ3n) is 4.49.